The number of nitriles is 1. The molecule has 0 bridgehead atoms. The minimum Gasteiger partial charge on any atom is -0.464 e. The second-order valence-corrected chi connectivity index (χ2v) is 6.03. The van der Waals surface area contributed by atoms with Crippen molar-refractivity contribution in [1.29, 1.82) is 5.26 Å². The molecule has 26 heavy (non-hydrogen) atoms. The van der Waals surface area contributed by atoms with E-state index in [1.807, 2.05) is 18.2 Å². The van der Waals surface area contributed by atoms with Gasteiger partial charge in [-0.25, -0.2) is 0 Å². The molecule has 0 radical (unpaired) electrons. The fourth-order valence-electron chi connectivity index (χ4n) is 2.60. The van der Waals surface area contributed by atoms with Gasteiger partial charge in [-0.3, -0.25) is 9.79 Å². The lowest BCUT2D eigenvalue weighted by Gasteiger charge is -2.17. The van der Waals surface area contributed by atoms with Crippen molar-refractivity contribution in [1.82, 2.24) is 0 Å². The first kappa shape index (κ1) is 17.9. The number of carbonyl (C=O) groups excluding carboxylic acids is 1. The maximum Gasteiger partial charge on any atom is 0.246 e. The third kappa shape index (κ3) is 3.54. The molecule has 0 aromatic heterocycles. The summed E-state index contributed by atoms with van der Waals surface area (Å²) in [5.41, 5.74) is 2.66. The normalized spacial score (nSPS) is 14.4. The summed E-state index contributed by atoms with van der Waals surface area (Å²) in [6.45, 7) is 1.67. The molecule has 1 aliphatic rings. The summed E-state index contributed by atoms with van der Waals surface area (Å²) in [5.74, 6) is 0.0602. The number of anilines is 1. The summed E-state index contributed by atoms with van der Waals surface area (Å²) < 4.78 is 10.7. The number of amides is 1. The molecule has 1 amide bonds. The molecule has 1 atom stereocenters. The quantitative estimate of drug-likeness (QED) is 0.837. The van der Waals surface area contributed by atoms with E-state index < -0.39 is 6.29 Å². The first-order valence-corrected chi connectivity index (χ1v) is 8.28. The Labute approximate surface area is 156 Å². The van der Waals surface area contributed by atoms with Crippen LogP contribution in [0, 0.1) is 11.3 Å². The molecule has 1 aliphatic heterocycles. The van der Waals surface area contributed by atoms with Crippen molar-refractivity contribution >= 4 is 28.9 Å². The number of halogens is 1. The van der Waals surface area contributed by atoms with Gasteiger partial charge in [0, 0.05) is 29.3 Å². The lowest BCUT2D eigenvalue weighted by atomic mass is 9.98. The molecular weight excluding hydrogens is 354 g/mol. The summed E-state index contributed by atoms with van der Waals surface area (Å²) in [6.07, 6.45) is -0.543. The molecule has 132 valence electrons. The van der Waals surface area contributed by atoms with Gasteiger partial charge >= 0.3 is 0 Å². The van der Waals surface area contributed by atoms with Crippen LogP contribution in [0.5, 0.6) is 5.75 Å². The highest BCUT2D eigenvalue weighted by Gasteiger charge is 2.23. The van der Waals surface area contributed by atoms with Crippen LogP contribution in [0.15, 0.2) is 41.4 Å². The highest BCUT2D eigenvalue weighted by molar-refractivity contribution is 6.36. The van der Waals surface area contributed by atoms with Crippen LogP contribution in [-0.2, 0) is 9.53 Å². The van der Waals surface area contributed by atoms with E-state index >= 15 is 0 Å². The van der Waals surface area contributed by atoms with Crippen LogP contribution in [0.1, 0.15) is 23.6 Å². The second-order valence-electron chi connectivity index (χ2n) is 5.62. The van der Waals surface area contributed by atoms with Gasteiger partial charge in [0.2, 0.25) is 5.91 Å². The molecule has 0 aliphatic carbocycles. The van der Waals surface area contributed by atoms with Gasteiger partial charge in [-0.2, -0.15) is 5.26 Å². The number of carbonyl (C=O) groups is 1. The number of nitrogens with zero attached hydrogens (tertiary/aromatic N) is 2. The molecule has 2 aromatic rings. The summed E-state index contributed by atoms with van der Waals surface area (Å²) in [4.78, 5) is 16.5. The Balaban J connectivity index is 2.18. The van der Waals surface area contributed by atoms with Gasteiger partial charge in [0.25, 0.3) is 0 Å². The average Bonchev–Trinajstić information content (AvgIpc) is 2.79. The van der Waals surface area contributed by atoms with E-state index in [-0.39, 0.29) is 12.5 Å². The number of hydrogen-bond acceptors (Lipinski definition) is 5. The van der Waals surface area contributed by atoms with Crippen molar-refractivity contribution < 1.29 is 14.3 Å². The number of methoxy groups -OCH3 is 1. The monoisotopic (exact) mass is 369 g/mol. The third-order valence-corrected chi connectivity index (χ3v) is 4.23. The Morgan fingerprint density at radius 1 is 1.31 bits per heavy atom. The maximum absolute atomic E-state index is 12.1. The molecule has 2 aromatic carbocycles. The Hall–Kier alpha value is -2.88. The minimum absolute atomic E-state index is 0.0399. The zero-order valence-electron chi connectivity index (χ0n) is 14.2. The van der Waals surface area contributed by atoms with Gasteiger partial charge in [-0.1, -0.05) is 29.8 Å². The van der Waals surface area contributed by atoms with E-state index in [2.05, 4.69) is 16.4 Å². The fraction of sp³-hybridized carbons (Fsp3) is 0.211. The number of benzodiazepines with no additional fused rings is 1. The van der Waals surface area contributed by atoms with Gasteiger partial charge in [-0.15, -0.1) is 0 Å². The van der Waals surface area contributed by atoms with Crippen LogP contribution in [0.25, 0.3) is 0 Å². The zero-order chi connectivity index (χ0) is 18.7. The molecule has 0 saturated carbocycles. The van der Waals surface area contributed by atoms with Gasteiger partial charge in [0.05, 0.1) is 17.0 Å². The largest absolute Gasteiger partial charge is 0.464 e. The first-order chi connectivity index (χ1) is 12.5. The van der Waals surface area contributed by atoms with Crippen LogP contribution in [0.2, 0.25) is 5.02 Å². The van der Waals surface area contributed by atoms with Crippen LogP contribution in [0.3, 0.4) is 0 Å². The van der Waals surface area contributed by atoms with Crippen molar-refractivity contribution in [3.05, 3.63) is 58.1 Å². The van der Waals surface area contributed by atoms with Crippen molar-refractivity contribution in [3.63, 3.8) is 0 Å². The molecule has 1 unspecified atom stereocenters. The second kappa shape index (κ2) is 7.56. The minimum atomic E-state index is -0.543. The van der Waals surface area contributed by atoms with Crippen molar-refractivity contribution in [2.75, 3.05) is 19.0 Å². The smallest absolute Gasteiger partial charge is 0.246 e. The zero-order valence-corrected chi connectivity index (χ0v) is 15.0. The van der Waals surface area contributed by atoms with Crippen molar-refractivity contribution in [2.45, 2.75) is 13.2 Å². The standard InChI is InChI=1S/C19H16ClN3O3/c1-11(25-2)26-17-8-16-14(7-12(17)9-21)19(22-10-18(24)23-16)13-5-3-4-6-15(13)20/h3-8,11H,10H2,1-2H3,(H,23,24). The predicted molar refractivity (Wildman–Crippen MR) is 98.8 cm³/mol. The fourth-order valence-corrected chi connectivity index (χ4v) is 2.83. The Bertz CT molecular complexity index is 934. The van der Waals surface area contributed by atoms with Crippen molar-refractivity contribution in [3.8, 4) is 11.8 Å². The number of fused-ring (bicyclic) bond motifs is 1. The predicted octanol–water partition coefficient (Wildman–Crippen LogP) is 3.37. The molecule has 1 heterocycles. The SMILES string of the molecule is COC(C)Oc1cc2c(cc1C#N)C(c1ccccc1Cl)=NCC(=O)N2. The third-order valence-electron chi connectivity index (χ3n) is 3.90. The lowest BCUT2D eigenvalue weighted by molar-refractivity contribution is -0.114. The Morgan fingerprint density at radius 3 is 2.77 bits per heavy atom. The number of hydrogen-bond donors (Lipinski definition) is 1. The van der Waals surface area contributed by atoms with Gasteiger partial charge in [0.1, 0.15) is 18.4 Å². The van der Waals surface area contributed by atoms with Crippen LogP contribution < -0.4 is 10.1 Å². The number of nitrogens with one attached hydrogen (secondary N) is 1. The van der Waals surface area contributed by atoms with Crippen LogP contribution in [0.4, 0.5) is 5.69 Å². The van der Waals surface area contributed by atoms with E-state index in [0.717, 1.165) is 0 Å². The molecule has 7 heteroatoms. The molecule has 1 N–H and O–H groups in total. The molecule has 0 fully saturated rings. The molecule has 0 spiro atoms. The highest BCUT2D eigenvalue weighted by atomic mass is 35.5. The molecular formula is C19H16ClN3O3. The molecule has 3 rings (SSSR count). The van der Waals surface area contributed by atoms with E-state index in [4.69, 9.17) is 21.1 Å². The number of ether oxygens (including phenoxy) is 2. The Kier molecular flexibility index (Phi) is 5.21. The number of aliphatic imine (C=N–C) groups is 1. The number of rotatable bonds is 4. The summed E-state index contributed by atoms with van der Waals surface area (Å²) in [7, 11) is 1.50. The van der Waals surface area contributed by atoms with E-state index in [9.17, 15) is 10.1 Å². The average molecular weight is 370 g/mol. The van der Waals surface area contributed by atoms with Crippen LogP contribution in [-0.4, -0.2) is 31.6 Å². The van der Waals surface area contributed by atoms with Gasteiger partial charge in [0.15, 0.2) is 6.29 Å². The van der Waals surface area contributed by atoms with E-state index in [0.29, 0.717) is 38.9 Å². The molecule has 0 saturated heterocycles. The van der Waals surface area contributed by atoms with Gasteiger partial charge in [-0.05, 0) is 19.1 Å². The summed E-state index contributed by atoms with van der Waals surface area (Å²) in [6, 6.07) is 12.6. The summed E-state index contributed by atoms with van der Waals surface area (Å²) in [5, 5.41) is 12.8. The summed E-state index contributed by atoms with van der Waals surface area (Å²) >= 11 is 6.31. The first-order valence-electron chi connectivity index (χ1n) is 7.90. The van der Waals surface area contributed by atoms with E-state index in [1.165, 1.54) is 7.11 Å². The number of benzene rings is 2. The maximum atomic E-state index is 12.1. The van der Waals surface area contributed by atoms with Crippen molar-refractivity contribution in [2.24, 2.45) is 4.99 Å². The Morgan fingerprint density at radius 2 is 2.08 bits per heavy atom. The topological polar surface area (TPSA) is 83.7 Å². The molecule has 6 nitrogen and oxygen atoms in total. The lowest BCUT2D eigenvalue weighted by Crippen LogP contribution is -2.16. The highest BCUT2D eigenvalue weighted by Crippen LogP contribution is 2.32. The van der Waals surface area contributed by atoms with Crippen LogP contribution >= 0.6 is 11.6 Å². The van der Waals surface area contributed by atoms with E-state index in [1.54, 1.807) is 25.1 Å². The van der Waals surface area contributed by atoms with Gasteiger partial charge < -0.3 is 14.8 Å².